The molecule has 1 fully saturated rings. The molecule has 2 heterocycles. The summed E-state index contributed by atoms with van der Waals surface area (Å²) in [5.74, 6) is 0. The fraction of sp³-hybridized carbons (Fsp3) is 0.583. The molecule has 2 rings (SSSR count). The minimum atomic E-state index is -4.41. The number of pyridine rings is 1. The van der Waals surface area contributed by atoms with Gasteiger partial charge in [0.1, 0.15) is 5.69 Å². The van der Waals surface area contributed by atoms with Crippen LogP contribution in [-0.4, -0.2) is 28.8 Å². The molecule has 0 bridgehead atoms. The van der Waals surface area contributed by atoms with E-state index in [-0.39, 0.29) is 0 Å². The van der Waals surface area contributed by atoms with Crippen LogP contribution >= 0.6 is 0 Å². The van der Waals surface area contributed by atoms with Crippen LogP contribution in [0.25, 0.3) is 0 Å². The van der Waals surface area contributed by atoms with Crippen LogP contribution in [0.3, 0.4) is 0 Å². The van der Waals surface area contributed by atoms with Crippen LogP contribution < -0.4 is 5.32 Å². The summed E-state index contributed by atoms with van der Waals surface area (Å²) in [6, 6.07) is 2.34. The summed E-state index contributed by atoms with van der Waals surface area (Å²) >= 11 is 0. The number of rotatable bonds is 2. The lowest BCUT2D eigenvalue weighted by atomic mass is 9.86. The number of aromatic nitrogens is 1. The fourth-order valence-corrected chi connectivity index (χ4v) is 2.15. The molecule has 18 heavy (non-hydrogen) atoms. The van der Waals surface area contributed by atoms with Gasteiger partial charge in [0.15, 0.2) is 0 Å². The van der Waals surface area contributed by atoms with Crippen LogP contribution in [0.5, 0.6) is 0 Å². The van der Waals surface area contributed by atoms with Crippen molar-refractivity contribution in [1.29, 1.82) is 0 Å². The molecule has 0 amide bonds. The van der Waals surface area contributed by atoms with Gasteiger partial charge >= 0.3 is 6.18 Å². The molecule has 2 N–H and O–H groups in total. The van der Waals surface area contributed by atoms with Crippen molar-refractivity contribution in [2.75, 3.05) is 13.1 Å². The molecule has 1 aromatic rings. The van der Waals surface area contributed by atoms with Crippen LogP contribution in [0.2, 0.25) is 0 Å². The number of halogens is 3. The second-order valence-corrected chi connectivity index (χ2v) is 4.70. The van der Waals surface area contributed by atoms with Gasteiger partial charge in [-0.1, -0.05) is 6.07 Å². The molecule has 6 heteroatoms. The molecule has 0 aromatic carbocycles. The molecule has 1 aliphatic rings. The van der Waals surface area contributed by atoms with Gasteiger partial charge in [-0.25, -0.2) is 0 Å². The van der Waals surface area contributed by atoms with Gasteiger partial charge in [0.2, 0.25) is 0 Å². The molecule has 0 aliphatic carbocycles. The molecule has 3 nitrogen and oxygen atoms in total. The number of alkyl halides is 3. The third-order valence-electron chi connectivity index (χ3n) is 3.18. The zero-order valence-corrected chi connectivity index (χ0v) is 9.80. The van der Waals surface area contributed by atoms with Crippen molar-refractivity contribution in [3.05, 3.63) is 29.6 Å². The summed E-state index contributed by atoms with van der Waals surface area (Å²) in [5, 5.41) is 13.4. The molecular formula is C12H15F3N2O. The monoisotopic (exact) mass is 260 g/mol. The lowest BCUT2D eigenvalue weighted by Crippen LogP contribution is -2.43. The maximum Gasteiger partial charge on any atom is 0.433 e. The molecule has 100 valence electrons. The minimum Gasteiger partial charge on any atom is -0.389 e. The first-order valence-electron chi connectivity index (χ1n) is 5.84. The first-order valence-corrected chi connectivity index (χ1v) is 5.84. The van der Waals surface area contributed by atoms with Gasteiger partial charge in [0, 0.05) is 12.6 Å². The summed E-state index contributed by atoms with van der Waals surface area (Å²) in [6.07, 6.45) is -1.66. The van der Waals surface area contributed by atoms with E-state index in [0.29, 0.717) is 24.8 Å². The molecule has 0 spiro atoms. The van der Waals surface area contributed by atoms with E-state index < -0.39 is 17.5 Å². The highest BCUT2D eigenvalue weighted by molar-refractivity contribution is 5.18. The Labute approximate surface area is 103 Å². The molecule has 0 atom stereocenters. The predicted molar refractivity (Wildman–Crippen MR) is 60.0 cm³/mol. The van der Waals surface area contributed by atoms with E-state index >= 15 is 0 Å². The van der Waals surface area contributed by atoms with Crippen molar-refractivity contribution >= 4 is 0 Å². The Morgan fingerprint density at radius 1 is 1.28 bits per heavy atom. The number of piperidine rings is 1. The topological polar surface area (TPSA) is 45.2 Å². The van der Waals surface area contributed by atoms with Crippen LogP contribution in [0.1, 0.15) is 24.1 Å². The van der Waals surface area contributed by atoms with Crippen molar-refractivity contribution in [2.45, 2.75) is 31.0 Å². The van der Waals surface area contributed by atoms with Crippen LogP contribution in [-0.2, 0) is 12.6 Å². The van der Waals surface area contributed by atoms with Gasteiger partial charge in [0.25, 0.3) is 0 Å². The van der Waals surface area contributed by atoms with E-state index in [0.717, 1.165) is 19.2 Å². The molecule has 1 aromatic heterocycles. The van der Waals surface area contributed by atoms with Gasteiger partial charge < -0.3 is 10.4 Å². The predicted octanol–water partition coefficient (Wildman–Crippen LogP) is 1.76. The summed E-state index contributed by atoms with van der Waals surface area (Å²) in [4.78, 5) is 3.39. The SMILES string of the molecule is OC1(Cc2ccc(C(F)(F)F)nc2)CCNCC1. The van der Waals surface area contributed by atoms with Gasteiger partial charge in [-0.2, -0.15) is 13.2 Å². The number of hydrogen-bond acceptors (Lipinski definition) is 3. The maximum absolute atomic E-state index is 12.3. The Bertz CT molecular complexity index is 397. The van der Waals surface area contributed by atoms with Crippen LogP contribution in [0.4, 0.5) is 13.2 Å². The third-order valence-corrected chi connectivity index (χ3v) is 3.18. The van der Waals surface area contributed by atoms with Gasteiger partial charge in [-0.3, -0.25) is 4.98 Å². The number of aliphatic hydroxyl groups is 1. The lowest BCUT2D eigenvalue weighted by Gasteiger charge is -2.32. The summed E-state index contributed by atoms with van der Waals surface area (Å²) in [7, 11) is 0. The average Bonchev–Trinajstić information content (AvgIpc) is 2.29. The normalized spacial score (nSPS) is 19.8. The van der Waals surface area contributed by atoms with Crippen molar-refractivity contribution < 1.29 is 18.3 Å². The van der Waals surface area contributed by atoms with E-state index in [9.17, 15) is 18.3 Å². The van der Waals surface area contributed by atoms with Gasteiger partial charge in [-0.05, 0) is 37.6 Å². The smallest absolute Gasteiger partial charge is 0.389 e. The van der Waals surface area contributed by atoms with E-state index in [1.807, 2.05) is 0 Å². The molecule has 0 radical (unpaired) electrons. The third kappa shape index (κ3) is 3.20. The first kappa shape index (κ1) is 13.3. The van der Waals surface area contributed by atoms with Gasteiger partial charge in [0.05, 0.1) is 5.60 Å². The number of nitrogens with zero attached hydrogens (tertiary/aromatic N) is 1. The summed E-state index contributed by atoms with van der Waals surface area (Å²) < 4.78 is 37.0. The zero-order chi connectivity index (χ0) is 13.2. The standard InChI is InChI=1S/C12H15F3N2O/c13-12(14,15)10-2-1-9(8-17-10)7-11(18)3-5-16-6-4-11/h1-2,8,16,18H,3-7H2. The molecular weight excluding hydrogens is 245 g/mol. The Kier molecular flexibility index (Phi) is 3.59. The lowest BCUT2D eigenvalue weighted by molar-refractivity contribution is -0.141. The zero-order valence-electron chi connectivity index (χ0n) is 9.80. The highest BCUT2D eigenvalue weighted by Crippen LogP contribution is 2.28. The fourth-order valence-electron chi connectivity index (χ4n) is 2.15. The van der Waals surface area contributed by atoms with E-state index in [4.69, 9.17) is 0 Å². The summed E-state index contributed by atoms with van der Waals surface area (Å²) in [5.41, 5.74) is -1.09. The van der Waals surface area contributed by atoms with E-state index in [2.05, 4.69) is 10.3 Å². The van der Waals surface area contributed by atoms with Crippen molar-refractivity contribution in [3.8, 4) is 0 Å². The Balaban J connectivity index is 2.06. The van der Waals surface area contributed by atoms with E-state index in [1.54, 1.807) is 0 Å². The molecule has 0 saturated carbocycles. The Morgan fingerprint density at radius 2 is 1.94 bits per heavy atom. The highest BCUT2D eigenvalue weighted by atomic mass is 19.4. The van der Waals surface area contributed by atoms with Crippen molar-refractivity contribution in [3.63, 3.8) is 0 Å². The van der Waals surface area contributed by atoms with Crippen molar-refractivity contribution in [2.24, 2.45) is 0 Å². The van der Waals surface area contributed by atoms with Crippen molar-refractivity contribution in [1.82, 2.24) is 10.3 Å². The first-order chi connectivity index (χ1) is 8.39. The van der Waals surface area contributed by atoms with Crippen LogP contribution in [0, 0.1) is 0 Å². The van der Waals surface area contributed by atoms with Crippen LogP contribution in [0.15, 0.2) is 18.3 Å². The molecule has 1 saturated heterocycles. The molecule has 1 aliphatic heterocycles. The van der Waals surface area contributed by atoms with Gasteiger partial charge in [-0.15, -0.1) is 0 Å². The largest absolute Gasteiger partial charge is 0.433 e. The number of hydrogen-bond donors (Lipinski definition) is 2. The Morgan fingerprint density at radius 3 is 2.44 bits per heavy atom. The second kappa shape index (κ2) is 4.85. The summed E-state index contributed by atoms with van der Waals surface area (Å²) in [6.45, 7) is 1.45. The average molecular weight is 260 g/mol. The highest BCUT2D eigenvalue weighted by Gasteiger charge is 2.33. The maximum atomic E-state index is 12.3. The number of nitrogens with one attached hydrogen (secondary N) is 1. The van der Waals surface area contributed by atoms with E-state index in [1.165, 1.54) is 12.3 Å². The minimum absolute atomic E-state index is 0.347. The molecule has 0 unspecified atom stereocenters. The quantitative estimate of drug-likeness (QED) is 0.851. The Hall–Kier alpha value is -1.14. The second-order valence-electron chi connectivity index (χ2n) is 4.70.